The first kappa shape index (κ1) is 14.3. The molecular formula is C16H19ClFN. The van der Waals surface area contributed by atoms with Gasteiger partial charge in [-0.15, -0.1) is 0 Å². The molecule has 2 rings (SSSR count). The van der Waals surface area contributed by atoms with Crippen molar-refractivity contribution >= 4 is 11.6 Å². The normalized spacial score (nSPS) is 26.9. The molecule has 0 heterocycles. The third-order valence-corrected chi connectivity index (χ3v) is 4.65. The number of rotatable bonds is 3. The average Bonchev–Trinajstić information content (AvgIpc) is 2.44. The average molecular weight is 280 g/mol. The van der Waals surface area contributed by atoms with Crippen molar-refractivity contribution < 1.29 is 4.39 Å². The topological polar surface area (TPSA) is 23.8 Å². The fraction of sp³-hybridized carbons (Fsp3) is 0.562. The SMILES string of the molecule is CCC1CCC(C#N)(Cc2cc(Cl)ccc2F)CC1. The third kappa shape index (κ3) is 3.28. The van der Waals surface area contributed by atoms with Gasteiger partial charge in [0.1, 0.15) is 5.82 Å². The van der Waals surface area contributed by atoms with Crippen LogP contribution < -0.4 is 0 Å². The van der Waals surface area contributed by atoms with Gasteiger partial charge in [0.05, 0.1) is 11.5 Å². The van der Waals surface area contributed by atoms with Crippen LogP contribution in [0.25, 0.3) is 0 Å². The van der Waals surface area contributed by atoms with Gasteiger partial charge in [-0.25, -0.2) is 4.39 Å². The van der Waals surface area contributed by atoms with E-state index in [4.69, 9.17) is 11.6 Å². The highest BCUT2D eigenvalue weighted by atomic mass is 35.5. The maximum atomic E-state index is 13.8. The standard InChI is InChI=1S/C16H19ClFN/c1-2-12-5-7-16(11-19,8-6-12)10-13-9-14(17)3-4-15(13)18/h3-4,9,12H,2,5-8,10H2,1H3. The lowest BCUT2D eigenvalue weighted by atomic mass is 9.68. The lowest BCUT2D eigenvalue weighted by Gasteiger charge is -2.34. The van der Waals surface area contributed by atoms with Crippen LogP contribution in [0.2, 0.25) is 5.02 Å². The molecule has 0 amide bonds. The largest absolute Gasteiger partial charge is 0.207 e. The summed E-state index contributed by atoms with van der Waals surface area (Å²) >= 11 is 5.92. The van der Waals surface area contributed by atoms with Crippen molar-refractivity contribution in [2.24, 2.45) is 11.3 Å². The second kappa shape index (κ2) is 5.92. The van der Waals surface area contributed by atoms with Gasteiger partial charge in [-0.05, 0) is 61.8 Å². The summed E-state index contributed by atoms with van der Waals surface area (Å²) in [5, 5.41) is 10.1. The molecule has 0 saturated heterocycles. The summed E-state index contributed by atoms with van der Waals surface area (Å²) in [5.74, 6) is 0.474. The molecule has 1 aliphatic rings. The van der Waals surface area contributed by atoms with E-state index in [0.717, 1.165) is 31.6 Å². The Kier molecular flexibility index (Phi) is 4.47. The lowest BCUT2D eigenvalue weighted by Crippen LogP contribution is -2.28. The van der Waals surface area contributed by atoms with Crippen LogP contribution in [-0.4, -0.2) is 0 Å². The zero-order valence-corrected chi connectivity index (χ0v) is 12.0. The highest BCUT2D eigenvalue weighted by Crippen LogP contribution is 2.42. The highest BCUT2D eigenvalue weighted by Gasteiger charge is 2.35. The Hall–Kier alpha value is -1.07. The molecule has 1 fully saturated rings. The Morgan fingerprint density at radius 2 is 2.11 bits per heavy atom. The Morgan fingerprint density at radius 3 is 2.68 bits per heavy atom. The van der Waals surface area contributed by atoms with Crippen LogP contribution in [-0.2, 0) is 6.42 Å². The molecule has 3 heteroatoms. The summed E-state index contributed by atoms with van der Waals surface area (Å²) in [5.41, 5.74) is 0.168. The third-order valence-electron chi connectivity index (χ3n) is 4.41. The van der Waals surface area contributed by atoms with Crippen LogP contribution >= 0.6 is 11.6 Å². The first-order valence-corrected chi connectivity index (χ1v) is 7.31. The Morgan fingerprint density at radius 1 is 1.42 bits per heavy atom. The van der Waals surface area contributed by atoms with E-state index < -0.39 is 5.41 Å². The molecule has 0 N–H and O–H groups in total. The molecule has 0 spiro atoms. The van der Waals surface area contributed by atoms with E-state index in [0.29, 0.717) is 17.0 Å². The predicted octanol–water partition coefficient (Wildman–Crippen LogP) is 5.13. The van der Waals surface area contributed by atoms with Crippen LogP contribution in [0.15, 0.2) is 18.2 Å². The molecule has 19 heavy (non-hydrogen) atoms. The van der Waals surface area contributed by atoms with Crippen molar-refractivity contribution in [1.29, 1.82) is 5.26 Å². The van der Waals surface area contributed by atoms with Gasteiger partial charge in [0.15, 0.2) is 0 Å². The second-order valence-electron chi connectivity index (χ2n) is 5.66. The van der Waals surface area contributed by atoms with Crippen molar-refractivity contribution in [2.45, 2.75) is 45.4 Å². The number of benzene rings is 1. The molecule has 0 unspecified atom stereocenters. The molecule has 102 valence electrons. The first-order chi connectivity index (χ1) is 9.08. The fourth-order valence-corrected chi connectivity index (χ4v) is 3.20. The predicted molar refractivity (Wildman–Crippen MR) is 75.4 cm³/mol. The van der Waals surface area contributed by atoms with E-state index in [1.54, 1.807) is 12.1 Å². The van der Waals surface area contributed by atoms with Gasteiger partial charge in [0.2, 0.25) is 0 Å². The van der Waals surface area contributed by atoms with Gasteiger partial charge in [-0.3, -0.25) is 0 Å². The molecule has 0 radical (unpaired) electrons. The van der Waals surface area contributed by atoms with Gasteiger partial charge >= 0.3 is 0 Å². The molecule has 0 aliphatic heterocycles. The molecule has 1 aromatic rings. The van der Waals surface area contributed by atoms with Gasteiger partial charge < -0.3 is 0 Å². The van der Waals surface area contributed by atoms with E-state index in [2.05, 4.69) is 13.0 Å². The summed E-state index contributed by atoms with van der Waals surface area (Å²) in [6, 6.07) is 7.04. The Labute approximate surface area is 119 Å². The minimum Gasteiger partial charge on any atom is -0.207 e. The molecule has 1 nitrogen and oxygen atoms in total. The number of hydrogen-bond donors (Lipinski definition) is 0. The van der Waals surface area contributed by atoms with Crippen LogP contribution in [0.1, 0.15) is 44.6 Å². The zero-order valence-electron chi connectivity index (χ0n) is 11.3. The molecule has 1 aromatic carbocycles. The molecule has 0 atom stereocenters. The maximum absolute atomic E-state index is 13.8. The van der Waals surface area contributed by atoms with Gasteiger partial charge in [-0.2, -0.15) is 5.26 Å². The number of nitriles is 1. The molecular weight excluding hydrogens is 261 g/mol. The summed E-state index contributed by atoms with van der Waals surface area (Å²) in [7, 11) is 0. The first-order valence-electron chi connectivity index (χ1n) is 6.94. The monoisotopic (exact) mass is 279 g/mol. The van der Waals surface area contributed by atoms with Gasteiger partial charge in [-0.1, -0.05) is 24.9 Å². The summed E-state index contributed by atoms with van der Waals surface area (Å²) < 4.78 is 13.8. The molecule has 1 aliphatic carbocycles. The summed E-state index contributed by atoms with van der Waals surface area (Å²) in [6.45, 7) is 2.20. The number of hydrogen-bond acceptors (Lipinski definition) is 1. The van der Waals surface area contributed by atoms with E-state index in [9.17, 15) is 9.65 Å². The van der Waals surface area contributed by atoms with Crippen LogP contribution in [0.5, 0.6) is 0 Å². The van der Waals surface area contributed by atoms with Gasteiger partial charge in [0, 0.05) is 5.02 Å². The van der Waals surface area contributed by atoms with Crippen LogP contribution in [0.4, 0.5) is 4.39 Å². The minimum absolute atomic E-state index is 0.253. The van der Waals surface area contributed by atoms with Crippen molar-refractivity contribution in [2.75, 3.05) is 0 Å². The van der Waals surface area contributed by atoms with E-state index in [-0.39, 0.29) is 5.82 Å². The summed E-state index contributed by atoms with van der Waals surface area (Å²) in [4.78, 5) is 0. The van der Waals surface area contributed by atoms with Gasteiger partial charge in [0.25, 0.3) is 0 Å². The zero-order chi connectivity index (χ0) is 13.9. The number of halogens is 2. The second-order valence-corrected chi connectivity index (χ2v) is 6.09. The van der Waals surface area contributed by atoms with Crippen molar-refractivity contribution in [3.05, 3.63) is 34.6 Å². The number of nitrogens with zero attached hydrogens (tertiary/aromatic N) is 1. The molecule has 0 bridgehead atoms. The maximum Gasteiger partial charge on any atom is 0.126 e. The Bertz CT molecular complexity index is 484. The van der Waals surface area contributed by atoms with Crippen LogP contribution in [0.3, 0.4) is 0 Å². The van der Waals surface area contributed by atoms with E-state index >= 15 is 0 Å². The van der Waals surface area contributed by atoms with Crippen molar-refractivity contribution in [3.63, 3.8) is 0 Å². The molecule has 1 saturated carbocycles. The van der Waals surface area contributed by atoms with Crippen molar-refractivity contribution in [1.82, 2.24) is 0 Å². The van der Waals surface area contributed by atoms with E-state index in [1.807, 2.05) is 0 Å². The quantitative estimate of drug-likeness (QED) is 0.752. The smallest absolute Gasteiger partial charge is 0.126 e. The highest BCUT2D eigenvalue weighted by molar-refractivity contribution is 6.30. The van der Waals surface area contributed by atoms with E-state index in [1.165, 1.54) is 12.5 Å². The fourth-order valence-electron chi connectivity index (χ4n) is 3.01. The Balaban J connectivity index is 2.16. The lowest BCUT2D eigenvalue weighted by molar-refractivity contribution is 0.204. The minimum atomic E-state index is -0.406. The van der Waals surface area contributed by atoms with Crippen molar-refractivity contribution in [3.8, 4) is 6.07 Å². The summed E-state index contributed by atoms with van der Waals surface area (Å²) in [6.07, 6.45) is 5.54. The molecule has 0 aromatic heterocycles. The van der Waals surface area contributed by atoms with Crippen LogP contribution in [0, 0.1) is 28.5 Å².